The average molecular weight is 292 g/mol. The molecule has 0 atom stereocenters. The number of aromatic nitrogens is 1. The molecule has 0 saturated heterocycles. The Balaban J connectivity index is 1.90. The van der Waals surface area contributed by atoms with Crippen molar-refractivity contribution in [2.75, 3.05) is 26.8 Å². The molecule has 0 fully saturated rings. The molecule has 0 aromatic carbocycles. The van der Waals surface area contributed by atoms with Gasteiger partial charge in [-0.1, -0.05) is 0 Å². The van der Waals surface area contributed by atoms with Gasteiger partial charge in [0.15, 0.2) is 11.7 Å². The number of ether oxygens (including phenoxy) is 1. The number of hydrogen-bond acceptors (Lipinski definition) is 5. The Kier molecular flexibility index (Phi) is 5.59. The predicted octanol–water partition coefficient (Wildman–Crippen LogP) is 3.03. The molecular formula is C16H24N2O3. The molecule has 0 aliphatic rings. The van der Waals surface area contributed by atoms with Gasteiger partial charge in [0.2, 0.25) is 0 Å². The molecule has 0 saturated carbocycles. The zero-order valence-corrected chi connectivity index (χ0v) is 13.3. The van der Waals surface area contributed by atoms with Gasteiger partial charge >= 0.3 is 0 Å². The van der Waals surface area contributed by atoms with Crippen molar-refractivity contribution >= 4 is 0 Å². The molecule has 2 aromatic heterocycles. The summed E-state index contributed by atoms with van der Waals surface area (Å²) in [6.45, 7) is 8.51. The van der Waals surface area contributed by atoms with Crippen LogP contribution in [0.15, 0.2) is 15.0 Å². The zero-order valence-electron chi connectivity index (χ0n) is 13.3. The van der Waals surface area contributed by atoms with E-state index in [1.165, 1.54) is 0 Å². The Morgan fingerprint density at radius 1 is 1.14 bits per heavy atom. The molecule has 0 unspecified atom stereocenters. The van der Waals surface area contributed by atoms with Crippen LogP contribution in [0.3, 0.4) is 0 Å². The Bertz CT molecular complexity index is 572. The Morgan fingerprint density at radius 2 is 1.95 bits per heavy atom. The molecule has 0 aliphatic heterocycles. The number of oxazole rings is 1. The van der Waals surface area contributed by atoms with E-state index in [0.29, 0.717) is 0 Å². The van der Waals surface area contributed by atoms with Crippen LogP contribution in [-0.2, 0) is 11.2 Å². The van der Waals surface area contributed by atoms with Gasteiger partial charge in [-0.05, 0) is 33.7 Å². The minimum atomic E-state index is 0.738. The van der Waals surface area contributed by atoms with E-state index in [2.05, 4.69) is 10.3 Å². The largest absolute Gasteiger partial charge is 0.466 e. The molecule has 5 heteroatoms. The number of nitrogens with zero attached hydrogens (tertiary/aromatic N) is 1. The fraction of sp³-hybridized carbons (Fsp3) is 0.562. The monoisotopic (exact) mass is 292 g/mol. The van der Waals surface area contributed by atoms with Crippen LogP contribution >= 0.6 is 0 Å². The van der Waals surface area contributed by atoms with E-state index >= 15 is 0 Å². The highest BCUT2D eigenvalue weighted by Gasteiger charge is 2.17. The van der Waals surface area contributed by atoms with Gasteiger partial charge in [0, 0.05) is 25.6 Å². The Hall–Kier alpha value is -1.59. The van der Waals surface area contributed by atoms with Crippen LogP contribution in [0.25, 0.3) is 11.3 Å². The first-order chi connectivity index (χ1) is 10.1. The van der Waals surface area contributed by atoms with Crippen LogP contribution in [-0.4, -0.2) is 31.8 Å². The molecule has 2 rings (SSSR count). The van der Waals surface area contributed by atoms with E-state index in [-0.39, 0.29) is 0 Å². The molecule has 0 spiro atoms. The summed E-state index contributed by atoms with van der Waals surface area (Å²) in [5.41, 5.74) is 2.15. The first-order valence-corrected chi connectivity index (χ1v) is 7.34. The van der Waals surface area contributed by atoms with Gasteiger partial charge in [0.1, 0.15) is 11.5 Å². The quantitative estimate of drug-likeness (QED) is 0.758. The first-order valence-electron chi connectivity index (χ1n) is 7.34. The van der Waals surface area contributed by atoms with Gasteiger partial charge in [0.05, 0.1) is 18.4 Å². The Labute approximate surface area is 125 Å². The second kappa shape index (κ2) is 7.43. The zero-order chi connectivity index (χ0) is 15.2. The third kappa shape index (κ3) is 3.95. The van der Waals surface area contributed by atoms with Crippen molar-refractivity contribution in [1.82, 2.24) is 10.3 Å². The molecule has 0 aliphatic carbocycles. The minimum Gasteiger partial charge on any atom is -0.466 e. The molecular weight excluding hydrogens is 268 g/mol. The number of methoxy groups -OCH3 is 1. The van der Waals surface area contributed by atoms with E-state index in [0.717, 1.165) is 66.8 Å². The van der Waals surface area contributed by atoms with Crippen LogP contribution in [0.2, 0.25) is 0 Å². The third-order valence-corrected chi connectivity index (χ3v) is 3.59. The number of furan rings is 1. The second-order valence-electron chi connectivity index (χ2n) is 5.18. The molecule has 2 heterocycles. The van der Waals surface area contributed by atoms with Crippen LogP contribution in [0, 0.1) is 20.8 Å². The maximum absolute atomic E-state index is 5.85. The lowest BCUT2D eigenvalue weighted by atomic mass is 10.1. The molecule has 0 amide bonds. The summed E-state index contributed by atoms with van der Waals surface area (Å²) in [5.74, 6) is 3.39. The summed E-state index contributed by atoms with van der Waals surface area (Å²) in [6, 6.07) is 0. The van der Waals surface area contributed by atoms with Crippen LogP contribution in [0.1, 0.15) is 29.4 Å². The van der Waals surface area contributed by atoms with E-state index < -0.39 is 0 Å². The summed E-state index contributed by atoms with van der Waals surface area (Å²) in [5, 5.41) is 3.31. The van der Waals surface area contributed by atoms with Crippen LogP contribution < -0.4 is 5.32 Å². The van der Waals surface area contributed by atoms with Crippen molar-refractivity contribution in [1.29, 1.82) is 0 Å². The maximum Gasteiger partial charge on any atom is 0.194 e. The van der Waals surface area contributed by atoms with Crippen molar-refractivity contribution in [3.63, 3.8) is 0 Å². The molecule has 0 radical (unpaired) electrons. The third-order valence-electron chi connectivity index (χ3n) is 3.59. The standard InChI is InChI=1S/C16H24N2O3/c1-11-12(2)20-13(3)16(11)14-10-18-15(21-14)6-5-7-17-8-9-19-4/h10,17H,5-9H2,1-4H3. The number of aryl methyl sites for hydroxylation is 3. The lowest BCUT2D eigenvalue weighted by Gasteiger charge is -2.02. The Morgan fingerprint density at radius 3 is 2.62 bits per heavy atom. The highest BCUT2D eigenvalue weighted by Crippen LogP contribution is 2.31. The van der Waals surface area contributed by atoms with E-state index in [1.54, 1.807) is 13.3 Å². The van der Waals surface area contributed by atoms with Crippen LogP contribution in [0.5, 0.6) is 0 Å². The summed E-state index contributed by atoms with van der Waals surface area (Å²) in [4.78, 5) is 4.36. The van der Waals surface area contributed by atoms with Gasteiger partial charge in [0.25, 0.3) is 0 Å². The number of hydrogen-bond donors (Lipinski definition) is 1. The second-order valence-corrected chi connectivity index (χ2v) is 5.18. The predicted molar refractivity (Wildman–Crippen MR) is 81.5 cm³/mol. The number of nitrogens with one attached hydrogen (secondary N) is 1. The molecule has 116 valence electrons. The van der Waals surface area contributed by atoms with E-state index in [1.807, 2.05) is 20.8 Å². The maximum atomic E-state index is 5.85. The summed E-state index contributed by atoms with van der Waals surface area (Å²) < 4.78 is 16.5. The fourth-order valence-electron chi connectivity index (χ4n) is 2.36. The van der Waals surface area contributed by atoms with E-state index in [4.69, 9.17) is 13.6 Å². The highest BCUT2D eigenvalue weighted by atomic mass is 16.5. The van der Waals surface area contributed by atoms with Crippen molar-refractivity contribution in [2.24, 2.45) is 0 Å². The average Bonchev–Trinajstić information content (AvgIpc) is 3.00. The normalized spacial score (nSPS) is 11.2. The molecule has 0 bridgehead atoms. The summed E-state index contributed by atoms with van der Waals surface area (Å²) in [7, 11) is 1.71. The lowest BCUT2D eigenvalue weighted by molar-refractivity contribution is 0.199. The van der Waals surface area contributed by atoms with Crippen molar-refractivity contribution in [2.45, 2.75) is 33.6 Å². The molecule has 1 N–H and O–H groups in total. The van der Waals surface area contributed by atoms with Gasteiger partial charge in [-0.15, -0.1) is 0 Å². The smallest absolute Gasteiger partial charge is 0.194 e. The first kappa shape index (κ1) is 15.8. The van der Waals surface area contributed by atoms with Gasteiger partial charge in [-0.2, -0.15) is 0 Å². The van der Waals surface area contributed by atoms with E-state index in [9.17, 15) is 0 Å². The van der Waals surface area contributed by atoms with Gasteiger partial charge in [-0.3, -0.25) is 0 Å². The van der Waals surface area contributed by atoms with Crippen molar-refractivity contribution < 1.29 is 13.6 Å². The number of rotatable bonds is 8. The van der Waals surface area contributed by atoms with Crippen LogP contribution in [0.4, 0.5) is 0 Å². The molecule has 5 nitrogen and oxygen atoms in total. The lowest BCUT2D eigenvalue weighted by Crippen LogP contribution is -2.20. The summed E-state index contributed by atoms with van der Waals surface area (Å²) in [6.07, 6.45) is 3.61. The topological polar surface area (TPSA) is 60.4 Å². The van der Waals surface area contributed by atoms with Crippen molar-refractivity contribution in [3.8, 4) is 11.3 Å². The van der Waals surface area contributed by atoms with Gasteiger partial charge in [-0.25, -0.2) is 4.98 Å². The minimum absolute atomic E-state index is 0.738. The fourth-order valence-corrected chi connectivity index (χ4v) is 2.36. The molecule has 21 heavy (non-hydrogen) atoms. The molecule has 2 aromatic rings. The van der Waals surface area contributed by atoms with Crippen molar-refractivity contribution in [3.05, 3.63) is 29.2 Å². The SMILES string of the molecule is COCCNCCCc1ncc(-c2c(C)oc(C)c2C)o1. The summed E-state index contributed by atoms with van der Waals surface area (Å²) >= 11 is 0. The highest BCUT2D eigenvalue weighted by molar-refractivity contribution is 5.64. The van der Waals surface area contributed by atoms with Gasteiger partial charge < -0.3 is 18.9 Å².